The van der Waals surface area contributed by atoms with Crippen molar-refractivity contribution >= 4 is 110 Å². The molecule has 0 radical (unpaired) electrons. The van der Waals surface area contributed by atoms with Gasteiger partial charge in [0.15, 0.2) is 0 Å². The second kappa shape index (κ2) is 12.7. The maximum absolute atomic E-state index is 14.9. The number of nitrogens with zero attached hydrogens (tertiary/aromatic N) is 2. The Morgan fingerprint density at radius 2 is 0.863 bits per heavy atom. The van der Waals surface area contributed by atoms with Crippen LogP contribution in [0.5, 0.6) is 0 Å². The van der Waals surface area contributed by atoms with E-state index in [9.17, 15) is 9.59 Å². The van der Waals surface area contributed by atoms with Gasteiger partial charge in [-0.2, -0.15) is 0 Å². The molecule has 4 nitrogen and oxygen atoms in total. The Hall–Kier alpha value is -2.68. The number of hydrogen-bond acceptors (Lipinski definition) is 8. The molecular formula is C39H40N2O2S8. The molecule has 0 aliphatic carbocycles. The van der Waals surface area contributed by atoms with E-state index in [1.54, 1.807) is 68.0 Å². The Morgan fingerprint density at radius 1 is 0.510 bits per heavy atom. The van der Waals surface area contributed by atoms with E-state index in [-0.39, 0.29) is 11.8 Å². The highest BCUT2D eigenvalue weighted by Crippen LogP contribution is 2.60. The molecule has 0 bridgehead atoms. The lowest BCUT2D eigenvalue weighted by atomic mass is 10.1. The fourth-order valence-electron chi connectivity index (χ4n) is 6.36. The Labute approximate surface area is 326 Å². The number of thiophene rings is 6. The molecule has 0 unspecified atom stereocenters. The van der Waals surface area contributed by atoms with Crippen molar-refractivity contribution < 1.29 is 9.59 Å². The van der Waals surface area contributed by atoms with Gasteiger partial charge in [-0.25, -0.2) is 10.0 Å². The van der Waals surface area contributed by atoms with Crippen molar-refractivity contribution in [3.63, 3.8) is 0 Å². The number of fused-ring (bicyclic) bond motifs is 1. The third kappa shape index (κ3) is 6.94. The fraction of sp³-hybridized carbons (Fsp3) is 0.231. The number of hydrogen-bond donors (Lipinski definition) is 1. The first-order valence-corrected chi connectivity index (χ1v) is 28.6. The van der Waals surface area contributed by atoms with Gasteiger partial charge >= 0.3 is 0 Å². The number of amides is 2. The van der Waals surface area contributed by atoms with Gasteiger partial charge in [0, 0.05) is 44.9 Å². The van der Waals surface area contributed by atoms with Gasteiger partial charge in [-0.05, 0) is 115 Å². The lowest BCUT2D eigenvalue weighted by molar-refractivity contribution is -0.123. The van der Waals surface area contributed by atoms with Gasteiger partial charge in [0.05, 0.1) is 38.2 Å². The Bertz CT molecular complexity index is 2350. The van der Waals surface area contributed by atoms with Gasteiger partial charge in [0.2, 0.25) is 0 Å². The molecule has 0 aromatic carbocycles. The summed E-state index contributed by atoms with van der Waals surface area (Å²) in [6, 6.07) is 25.8. The van der Waals surface area contributed by atoms with E-state index in [1.807, 2.05) is 9.80 Å². The second-order valence-corrected chi connectivity index (χ2v) is 34.7. The van der Waals surface area contributed by atoms with Gasteiger partial charge in [0.1, 0.15) is 0 Å². The molecule has 12 heteroatoms. The SMILES string of the molecule is CS(C)(C)CN1C(=O)C2=C(c3ccc(-c4ccc(-c5cccs5)s4)s3)N(C[SH](C)(C)(C)C)C(=O)C2=C1c1ccc(-c2ccc(-c3cccs3)s2)s1. The molecule has 0 saturated carbocycles. The summed E-state index contributed by atoms with van der Waals surface area (Å²) in [4.78, 5) is 45.4. The summed E-state index contributed by atoms with van der Waals surface area (Å²) >= 11 is 10.4. The molecule has 6 aromatic rings. The van der Waals surface area contributed by atoms with Crippen LogP contribution in [0.15, 0.2) is 94.7 Å². The van der Waals surface area contributed by atoms with E-state index in [2.05, 4.69) is 127 Å². The van der Waals surface area contributed by atoms with Crippen molar-refractivity contribution in [2.45, 2.75) is 0 Å². The maximum Gasteiger partial charge on any atom is 0.262 e. The van der Waals surface area contributed by atoms with Crippen LogP contribution in [-0.4, -0.2) is 77.2 Å². The molecule has 0 spiro atoms. The second-order valence-electron chi connectivity index (χ2n) is 15.8. The molecule has 2 aliphatic rings. The highest BCUT2D eigenvalue weighted by atomic mass is 32.3. The first-order chi connectivity index (χ1) is 24.1. The quantitative estimate of drug-likeness (QED) is 0.140. The van der Waals surface area contributed by atoms with Crippen LogP contribution in [0.25, 0.3) is 50.4 Å². The minimum Gasteiger partial charge on any atom is -0.299 e. The summed E-state index contributed by atoms with van der Waals surface area (Å²) in [6.45, 7) is 0. The van der Waals surface area contributed by atoms with Gasteiger partial charge in [-0.3, -0.25) is 28.6 Å². The van der Waals surface area contributed by atoms with Gasteiger partial charge in [-0.15, -0.1) is 68.0 Å². The molecule has 6 aromatic heterocycles. The minimum atomic E-state index is -2.25. The van der Waals surface area contributed by atoms with E-state index in [4.69, 9.17) is 0 Å². The summed E-state index contributed by atoms with van der Waals surface area (Å²) in [6.07, 6.45) is 15.9. The van der Waals surface area contributed by atoms with Crippen molar-refractivity contribution in [3.05, 3.63) is 104 Å². The summed E-state index contributed by atoms with van der Waals surface area (Å²) < 4.78 is 0. The molecule has 8 rings (SSSR count). The van der Waals surface area contributed by atoms with Crippen LogP contribution >= 0.6 is 87.2 Å². The van der Waals surface area contributed by atoms with Gasteiger partial charge in [0.25, 0.3) is 11.8 Å². The van der Waals surface area contributed by atoms with Crippen molar-refractivity contribution in [2.75, 3.05) is 55.5 Å². The topological polar surface area (TPSA) is 40.6 Å². The molecule has 0 atom stereocenters. The van der Waals surface area contributed by atoms with Crippen LogP contribution in [0.1, 0.15) is 9.75 Å². The zero-order chi connectivity index (χ0) is 35.9. The highest BCUT2D eigenvalue weighted by Gasteiger charge is 2.51. The van der Waals surface area contributed by atoms with Crippen molar-refractivity contribution in [2.24, 2.45) is 0 Å². The Morgan fingerprint density at radius 3 is 1.24 bits per heavy atom. The average molecular weight is 825 g/mol. The van der Waals surface area contributed by atoms with Crippen LogP contribution < -0.4 is 0 Å². The summed E-state index contributed by atoms with van der Waals surface area (Å²) in [5, 5.41) is 4.22. The normalized spacial score (nSPS) is 16.5. The Balaban J connectivity index is 1.26. The van der Waals surface area contributed by atoms with Crippen LogP contribution in [0.4, 0.5) is 0 Å². The van der Waals surface area contributed by atoms with Crippen LogP contribution in [0, 0.1) is 0 Å². The fourth-order valence-corrected chi connectivity index (χ4v) is 14.8. The molecule has 0 fully saturated rings. The summed E-state index contributed by atoms with van der Waals surface area (Å²) in [5.74, 6) is 1.12. The highest BCUT2D eigenvalue weighted by molar-refractivity contribution is 8.47. The van der Waals surface area contributed by atoms with Crippen molar-refractivity contribution in [3.8, 4) is 39.0 Å². The van der Waals surface area contributed by atoms with E-state index >= 15 is 0 Å². The van der Waals surface area contributed by atoms with Crippen molar-refractivity contribution in [1.82, 2.24) is 9.80 Å². The van der Waals surface area contributed by atoms with Crippen LogP contribution in [-0.2, 0) is 9.59 Å². The molecular weight excluding hydrogens is 785 g/mol. The van der Waals surface area contributed by atoms with E-state index in [0.29, 0.717) is 22.9 Å². The van der Waals surface area contributed by atoms with E-state index < -0.39 is 19.2 Å². The predicted molar refractivity (Wildman–Crippen MR) is 237 cm³/mol. The summed E-state index contributed by atoms with van der Waals surface area (Å²) in [5.41, 5.74) is 2.71. The molecule has 8 heterocycles. The smallest absolute Gasteiger partial charge is 0.262 e. The molecule has 2 amide bonds. The van der Waals surface area contributed by atoms with E-state index in [0.717, 1.165) is 30.9 Å². The third-order valence-electron chi connectivity index (χ3n) is 8.31. The van der Waals surface area contributed by atoms with Gasteiger partial charge in [-0.1, -0.05) is 12.1 Å². The number of carbonyl (C=O) groups excluding carboxylic acids is 2. The first-order valence-electron chi connectivity index (χ1n) is 16.4. The monoisotopic (exact) mass is 824 g/mol. The molecule has 0 N–H and O–H groups in total. The molecule has 0 saturated heterocycles. The zero-order valence-corrected chi connectivity index (χ0v) is 36.1. The van der Waals surface area contributed by atoms with Crippen LogP contribution in [0.2, 0.25) is 0 Å². The third-order valence-corrected chi connectivity index (χ3v) is 17.6. The molecule has 266 valence electrons. The minimum absolute atomic E-state index is 0.0479. The van der Waals surface area contributed by atoms with E-state index in [1.165, 1.54) is 29.3 Å². The molecule has 51 heavy (non-hydrogen) atoms. The number of rotatable bonds is 10. The van der Waals surface area contributed by atoms with Crippen molar-refractivity contribution in [1.29, 1.82) is 0 Å². The predicted octanol–water partition coefficient (Wildman–Crippen LogP) is 11.7. The van der Waals surface area contributed by atoms with Crippen LogP contribution in [0.3, 0.4) is 0 Å². The van der Waals surface area contributed by atoms with Gasteiger partial charge < -0.3 is 0 Å². The lowest BCUT2D eigenvalue weighted by Gasteiger charge is -2.49. The standard InChI is InChI=1S/C39H40N2O2S8/c1-50(2,3)22-40-36(32-18-16-30(48-32)28-14-12-26(46-28)24-10-8-20-44-24)34-35(38(40)42)37(41(39(34)43)23-51(4,5,6)7)33-19-17-31(49-33)29-15-13-27(47-29)25-11-9-21-45-25/h8-21,51H,22-23H2,1-7H3. The average Bonchev–Trinajstić information content (AvgIpc) is 3.88. The Kier molecular flexibility index (Phi) is 8.82. The zero-order valence-electron chi connectivity index (χ0n) is 29.5. The maximum atomic E-state index is 14.9. The summed E-state index contributed by atoms with van der Waals surface area (Å²) in [7, 11) is -3.39. The largest absolute Gasteiger partial charge is 0.299 e. The first kappa shape index (κ1) is 35.4. The molecule has 2 aliphatic heterocycles. The number of carbonyl (C=O) groups is 2. The lowest BCUT2D eigenvalue weighted by Crippen LogP contribution is -2.35. The number of thiol groups is 1.